The molecule has 2 aromatic heterocycles. The SMILES string of the molecule is Cc1ccccc1CNc1cc(C(N)=O)cn2c(C)c(C)nc12. The number of pyridine rings is 1. The first-order valence-electron chi connectivity index (χ1n) is 7.55. The van der Waals surface area contributed by atoms with Crippen LogP contribution in [0.15, 0.2) is 36.5 Å². The van der Waals surface area contributed by atoms with E-state index in [1.165, 1.54) is 11.1 Å². The lowest BCUT2D eigenvalue weighted by molar-refractivity contribution is 0.1000. The summed E-state index contributed by atoms with van der Waals surface area (Å²) >= 11 is 0. The van der Waals surface area contributed by atoms with Crippen molar-refractivity contribution in [3.05, 3.63) is 64.6 Å². The minimum absolute atomic E-state index is 0.448. The molecule has 1 amide bonds. The lowest BCUT2D eigenvalue weighted by atomic mass is 10.1. The van der Waals surface area contributed by atoms with Gasteiger partial charge in [-0.3, -0.25) is 4.79 Å². The van der Waals surface area contributed by atoms with E-state index in [0.29, 0.717) is 12.1 Å². The molecule has 0 bridgehead atoms. The number of imidazole rings is 1. The third kappa shape index (κ3) is 2.77. The molecule has 0 fully saturated rings. The van der Waals surface area contributed by atoms with E-state index in [1.807, 2.05) is 30.4 Å². The molecular weight excluding hydrogens is 288 g/mol. The molecule has 0 unspecified atom stereocenters. The van der Waals surface area contributed by atoms with Crippen molar-refractivity contribution in [1.29, 1.82) is 0 Å². The van der Waals surface area contributed by atoms with E-state index in [4.69, 9.17) is 5.73 Å². The van der Waals surface area contributed by atoms with Crippen LogP contribution in [0.2, 0.25) is 0 Å². The van der Waals surface area contributed by atoms with Gasteiger partial charge in [-0.15, -0.1) is 0 Å². The summed E-state index contributed by atoms with van der Waals surface area (Å²) in [4.78, 5) is 16.2. The second-order valence-corrected chi connectivity index (χ2v) is 5.76. The molecule has 3 N–H and O–H groups in total. The molecule has 0 saturated carbocycles. The number of nitrogens with two attached hydrogens (primary N) is 1. The average Bonchev–Trinajstić information content (AvgIpc) is 2.81. The van der Waals surface area contributed by atoms with Gasteiger partial charge in [0.15, 0.2) is 5.65 Å². The van der Waals surface area contributed by atoms with Crippen LogP contribution in [0.5, 0.6) is 0 Å². The Bertz CT molecular complexity index is 895. The van der Waals surface area contributed by atoms with Gasteiger partial charge in [-0.05, 0) is 38.0 Å². The Hall–Kier alpha value is -2.82. The number of hydrogen-bond acceptors (Lipinski definition) is 3. The van der Waals surface area contributed by atoms with E-state index in [0.717, 1.165) is 22.7 Å². The van der Waals surface area contributed by atoms with Crippen LogP contribution in [-0.2, 0) is 6.54 Å². The lowest BCUT2D eigenvalue weighted by Gasteiger charge is -2.11. The first-order chi connectivity index (χ1) is 11.0. The minimum atomic E-state index is -0.448. The van der Waals surface area contributed by atoms with Crippen LogP contribution in [0.1, 0.15) is 32.9 Å². The zero-order valence-electron chi connectivity index (χ0n) is 13.6. The Balaban J connectivity index is 2.03. The maximum absolute atomic E-state index is 11.6. The number of aromatic nitrogens is 2. The Morgan fingerprint density at radius 3 is 2.70 bits per heavy atom. The molecule has 5 nitrogen and oxygen atoms in total. The van der Waals surface area contributed by atoms with Gasteiger partial charge in [0.2, 0.25) is 5.91 Å². The number of fused-ring (bicyclic) bond motifs is 1. The number of amides is 1. The van der Waals surface area contributed by atoms with E-state index < -0.39 is 5.91 Å². The molecule has 0 aliphatic rings. The Kier molecular flexibility index (Phi) is 3.78. The summed E-state index contributed by atoms with van der Waals surface area (Å²) in [6, 6.07) is 9.97. The highest BCUT2D eigenvalue weighted by molar-refractivity contribution is 5.94. The standard InChI is InChI=1S/C18H20N4O/c1-11-6-4-5-7-14(11)9-20-16-8-15(17(19)23)10-22-13(3)12(2)21-18(16)22/h4-8,10,20H,9H2,1-3H3,(H2,19,23). The maximum atomic E-state index is 11.6. The monoisotopic (exact) mass is 308 g/mol. The summed E-state index contributed by atoms with van der Waals surface area (Å²) in [5, 5.41) is 3.39. The molecule has 1 aromatic carbocycles. The van der Waals surface area contributed by atoms with Gasteiger partial charge in [0, 0.05) is 18.4 Å². The fourth-order valence-corrected chi connectivity index (χ4v) is 2.63. The van der Waals surface area contributed by atoms with Crippen molar-refractivity contribution in [2.75, 3.05) is 5.32 Å². The summed E-state index contributed by atoms with van der Waals surface area (Å²) in [5.74, 6) is -0.448. The van der Waals surface area contributed by atoms with Gasteiger partial charge in [-0.2, -0.15) is 0 Å². The van der Waals surface area contributed by atoms with Gasteiger partial charge in [0.05, 0.1) is 16.9 Å². The van der Waals surface area contributed by atoms with E-state index in [9.17, 15) is 4.79 Å². The van der Waals surface area contributed by atoms with Gasteiger partial charge in [0.25, 0.3) is 0 Å². The van der Waals surface area contributed by atoms with Gasteiger partial charge < -0.3 is 15.5 Å². The Morgan fingerprint density at radius 1 is 1.26 bits per heavy atom. The minimum Gasteiger partial charge on any atom is -0.378 e. The quantitative estimate of drug-likeness (QED) is 0.778. The zero-order valence-corrected chi connectivity index (χ0v) is 13.6. The van der Waals surface area contributed by atoms with E-state index in [1.54, 1.807) is 12.3 Å². The van der Waals surface area contributed by atoms with Crippen LogP contribution in [0.3, 0.4) is 0 Å². The number of primary amides is 1. The van der Waals surface area contributed by atoms with Gasteiger partial charge >= 0.3 is 0 Å². The first-order valence-corrected chi connectivity index (χ1v) is 7.55. The number of nitrogens with one attached hydrogen (secondary N) is 1. The van der Waals surface area contributed by atoms with Crippen LogP contribution in [0.25, 0.3) is 5.65 Å². The summed E-state index contributed by atoms with van der Waals surface area (Å²) in [6.07, 6.45) is 1.74. The number of aryl methyl sites for hydroxylation is 3. The Labute approximate surface area is 135 Å². The molecule has 0 saturated heterocycles. The number of anilines is 1. The topological polar surface area (TPSA) is 72.4 Å². The van der Waals surface area contributed by atoms with E-state index >= 15 is 0 Å². The molecule has 0 aliphatic heterocycles. The molecule has 3 aromatic rings. The second-order valence-electron chi connectivity index (χ2n) is 5.76. The number of carbonyl (C=O) groups excluding carboxylic acids is 1. The van der Waals surface area contributed by atoms with Crippen molar-refractivity contribution >= 4 is 17.2 Å². The molecular formula is C18H20N4O. The number of nitrogens with zero attached hydrogens (tertiary/aromatic N) is 2. The second kappa shape index (κ2) is 5.76. The van der Waals surface area contributed by atoms with Gasteiger partial charge in [0.1, 0.15) is 0 Å². The average molecular weight is 308 g/mol. The van der Waals surface area contributed by atoms with Crippen LogP contribution in [-0.4, -0.2) is 15.3 Å². The molecule has 118 valence electrons. The third-order valence-corrected chi connectivity index (χ3v) is 4.21. The smallest absolute Gasteiger partial charge is 0.250 e. The van der Waals surface area contributed by atoms with Crippen molar-refractivity contribution in [1.82, 2.24) is 9.38 Å². The van der Waals surface area contributed by atoms with Crippen molar-refractivity contribution < 1.29 is 4.79 Å². The highest BCUT2D eigenvalue weighted by Crippen LogP contribution is 2.22. The van der Waals surface area contributed by atoms with Crippen LogP contribution in [0.4, 0.5) is 5.69 Å². The number of benzene rings is 1. The third-order valence-electron chi connectivity index (χ3n) is 4.21. The molecule has 23 heavy (non-hydrogen) atoms. The fraction of sp³-hybridized carbons (Fsp3) is 0.222. The highest BCUT2D eigenvalue weighted by atomic mass is 16.1. The predicted molar refractivity (Wildman–Crippen MR) is 91.7 cm³/mol. The molecule has 2 heterocycles. The van der Waals surface area contributed by atoms with Crippen LogP contribution >= 0.6 is 0 Å². The molecule has 0 spiro atoms. The maximum Gasteiger partial charge on any atom is 0.250 e. The first kappa shape index (κ1) is 15.1. The lowest BCUT2D eigenvalue weighted by Crippen LogP contribution is -2.13. The van der Waals surface area contributed by atoms with Gasteiger partial charge in [-0.25, -0.2) is 4.98 Å². The summed E-state index contributed by atoms with van der Waals surface area (Å²) in [7, 11) is 0. The van der Waals surface area contributed by atoms with Crippen molar-refractivity contribution in [3.63, 3.8) is 0 Å². The Morgan fingerprint density at radius 2 is 2.00 bits per heavy atom. The number of rotatable bonds is 4. The predicted octanol–water partition coefficient (Wildman–Crippen LogP) is 2.97. The highest BCUT2D eigenvalue weighted by Gasteiger charge is 2.13. The number of hydrogen-bond donors (Lipinski definition) is 2. The van der Waals surface area contributed by atoms with Crippen molar-refractivity contribution in [2.24, 2.45) is 5.73 Å². The normalized spacial score (nSPS) is 10.9. The van der Waals surface area contributed by atoms with Crippen molar-refractivity contribution in [2.45, 2.75) is 27.3 Å². The fourth-order valence-electron chi connectivity index (χ4n) is 2.63. The van der Waals surface area contributed by atoms with Crippen molar-refractivity contribution in [3.8, 4) is 0 Å². The largest absolute Gasteiger partial charge is 0.378 e. The summed E-state index contributed by atoms with van der Waals surface area (Å²) in [6.45, 7) is 6.67. The van der Waals surface area contributed by atoms with E-state index in [2.05, 4.69) is 29.4 Å². The molecule has 0 atom stereocenters. The summed E-state index contributed by atoms with van der Waals surface area (Å²) in [5.41, 5.74) is 11.9. The van der Waals surface area contributed by atoms with Crippen LogP contribution in [0, 0.1) is 20.8 Å². The van der Waals surface area contributed by atoms with Crippen LogP contribution < -0.4 is 11.1 Å². The molecule has 5 heteroatoms. The number of carbonyl (C=O) groups is 1. The zero-order chi connectivity index (χ0) is 16.6. The molecule has 3 rings (SSSR count). The van der Waals surface area contributed by atoms with Gasteiger partial charge in [-0.1, -0.05) is 24.3 Å². The van der Waals surface area contributed by atoms with E-state index in [-0.39, 0.29) is 0 Å². The molecule has 0 radical (unpaired) electrons. The molecule has 0 aliphatic carbocycles. The summed E-state index contributed by atoms with van der Waals surface area (Å²) < 4.78 is 1.91.